The highest BCUT2D eigenvalue weighted by molar-refractivity contribution is 5.43. The zero-order valence-electron chi connectivity index (χ0n) is 12.1. The van der Waals surface area contributed by atoms with Gasteiger partial charge in [-0.15, -0.1) is 0 Å². The van der Waals surface area contributed by atoms with Crippen LogP contribution in [0.25, 0.3) is 0 Å². The summed E-state index contributed by atoms with van der Waals surface area (Å²) in [5.74, 6) is 2.05. The van der Waals surface area contributed by atoms with Crippen LogP contribution >= 0.6 is 0 Å². The molecule has 0 aliphatic carbocycles. The third kappa shape index (κ3) is 3.13. The maximum atomic E-state index is 5.99. The van der Waals surface area contributed by atoms with E-state index in [2.05, 4.69) is 22.2 Å². The van der Waals surface area contributed by atoms with E-state index >= 15 is 0 Å². The molecule has 0 amide bonds. The van der Waals surface area contributed by atoms with Crippen molar-refractivity contribution < 1.29 is 9.47 Å². The number of nitrogens with one attached hydrogen (secondary N) is 1. The van der Waals surface area contributed by atoms with Crippen LogP contribution in [0.5, 0.6) is 17.4 Å². The summed E-state index contributed by atoms with van der Waals surface area (Å²) in [5, 5.41) is 3.32. The molecule has 1 aliphatic rings. The number of rotatable bonds is 5. The van der Waals surface area contributed by atoms with Crippen molar-refractivity contribution >= 4 is 0 Å². The van der Waals surface area contributed by atoms with E-state index in [-0.39, 0.29) is 0 Å². The van der Waals surface area contributed by atoms with E-state index in [4.69, 9.17) is 9.47 Å². The SMILES string of the molecule is CCCOc1ccccc1Oc1ncnc2c1CNCC2. The van der Waals surface area contributed by atoms with Crippen LogP contribution in [0.4, 0.5) is 0 Å². The van der Waals surface area contributed by atoms with Crippen LogP contribution in [-0.4, -0.2) is 23.1 Å². The second kappa shape index (κ2) is 6.54. The summed E-state index contributed by atoms with van der Waals surface area (Å²) in [4.78, 5) is 8.61. The Hall–Kier alpha value is -2.14. The van der Waals surface area contributed by atoms with Gasteiger partial charge in [-0.2, -0.15) is 0 Å². The van der Waals surface area contributed by atoms with Gasteiger partial charge in [0.15, 0.2) is 11.5 Å². The normalized spacial score (nSPS) is 13.6. The first-order valence-electron chi connectivity index (χ1n) is 7.31. The third-order valence-electron chi connectivity index (χ3n) is 3.35. The maximum absolute atomic E-state index is 5.99. The number of ether oxygens (including phenoxy) is 2. The van der Waals surface area contributed by atoms with Gasteiger partial charge in [0.1, 0.15) is 6.33 Å². The van der Waals surface area contributed by atoms with Crippen LogP contribution in [0, 0.1) is 0 Å². The highest BCUT2D eigenvalue weighted by atomic mass is 16.5. The van der Waals surface area contributed by atoms with Gasteiger partial charge < -0.3 is 14.8 Å². The molecule has 3 rings (SSSR count). The fourth-order valence-electron chi connectivity index (χ4n) is 2.30. The largest absolute Gasteiger partial charge is 0.490 e. The van der Waals surface area contributed by atoms with Gasteiger partial charge in [-0.3, -0.25) is 0 Å². The Morgan fingerprint density at radius 2 is 2.05 bits per heavy atom. The summed E-state index contributed by atoms with van der Waals surface area (Å²) in [7, 11) is 0. The predicted octanol–water partition coefficient (Wildman–Crippen LogP) is 2.70. The standard InChI is InChI=1S/C16H19N3O2/c1-2-9-20-14-5-3-4-6-15(14)21-16-12-10-17-8-7-13(12)18-11-19-16/h3-6,11,17H,2,7-10H2,1H3. The second-order valence-electron chi connectivity index (χ2n) is 4.93. The summed E-state index contributed by atoms with van der Waals surface area (Å²) in [6.45, 7) is 4.43. The number of fused-ring (bicyclic) bond motifs is 1. The van der Waals surface area contributed by atoms with Crippen molar-refractivity contribution in [1.82, 2.24) is 15.3 Å². The molecule has 2 aromatic rings. The van der Waals surface area contributed by atoms with E-state index in [9.17, 15) is 0 Å². The van der Waals surface area contributed by atoms with Gasteiger partial charge in [-0.25, -0.2) is 9.97 Å². The summed E-state index contributed by atoms with van der Waals surface area (Å²) >= 11 is 0. The van der Waals surface area contributed by atoms with Gasteiger partial charge in [-0.05, 0) is 18.6 Å². The molecule has 0 spiro atoms. The Labute approximate surface area is 124 Å². The highest BCUT2D eigenvalue weighted by Gasteiger charge is 2.17. The van der Waals surface area contributed by atoms with E-state index in [1.807, 2.05) is 24.3 Å². The summed E-state index contributed by atoms with van der Waals surface area (Å²) in [6.07, 6.45) is 3.43. The molecule has 5 nitrogen and oxygen atoms in total. The number of aromatic nitrogens is 2. The number of hydrogen-bond acceptors (Lipinski definition) is 5. The van der Waals surface area contributed by atoms with Gasteiger partial charge in [0, 0.05) is 19.5 Å². The van der Waals surface area contributed by atoms with Crippen LogP contribution < -0.4 is 14.8 Å². The zero-order valence-corrected chi connectivity index (χ0v) is 12.1. The molecule has 0 atom stereocenters. The third-order valence-corrected chi connectivity index (χ3v) is 3.35. The molecular formula is C16H19N3O2. The van der Waals surface area contributed by atoms with Crippen LogP contribution in [-0.2, 0) is 13.0 Å². The van der Waals surface area contributed by atoms with Gasteiger partial charge in [0.05, 0.1) is 17.9 Å². The summed E-state index contributed by atoms with van der Waals surface area (Å²) in [6, 6.07) is 7.68. The summed E-state index contributed by atoms with van der Waals surface area (Å²) in [5.41, 5.74) is 2.10. The molecule has 0 saturated carbocycles. The quantitative estimate of drug-likeness (QED) is 0.915. The van der Waals surface area contributed by atoms with E-state index in [0.717, 1.165) is 42.9 Å². The van der Waals surface area contributed by atoms with E-state index in [1.54, 1.807) is 6.33 Å². The first-order valence-corrected chi connectivity index (χ1v) is 7.31. The van der Waals surface area contributed by atoms with Crippen LogP contribution in [0.3, 0.4) is 0 Å². The Morgan fingerprint density at radius 1 is 1.19 bits per heavy atom. The molecule has 110 valence electrons. The second-order valence-corrected chi connectivity index (χ2v) is 4.93. The molecular weight excluding hydrogens is 266 g/mol. The molecule has 1 aromatic carbocycles. The van der Waals surface area contributed by atoms with Gasteiger partial charge >= 0.3 is 0 Å². The van der Waals surface area contributed by atoms with E-state index < -0.39 is 0 Å². The lowest BCUT2D eigenvalue weighted by molar-refractivity contribution is 0.300. The van der Waals surface area contributed by atoms with Crippen molar-refractivity contribution in [2.45, 2.75) is 26.3 Å². The smallest absolute Gasteiger partial charge is 0.227 e. The van der Waals surface area contributed by atoms with Crippen LogP contribution in [0.15, 0.2) is 30.6 Å². The molecule has 0 fully saturated rings. The fourth-order valence-corrected chi connectivity index (χ4v) is 2.30. The lowest BCUT2D eigenvalue weighted by Gasteiger charge is -2.19. The molecule has 1 aliphatic heterocycles. The van der Waals surface area contributed by atoms with E-state index in [1.165, 1.54) is 0 Å². The topological polar surface area (TPSA) is 56.3 Å². The number of para-hydroxylation sites is 2. The van der Waals surface area contributed by atoms with Gasteiger partial charge in [-0.1, -0.05) is 19.1 Å². The minimum absolute atomic E-state index is 0.611. The lowest BCUT2D eigenvalue weighted by atomic mass is 10.1. The van der Waals surface area contributed by atoms with Crippen molar-refractivity contribution in [2.24, 2.45) is 0 Å². The zero-order chi connectivity index (χ0) is 14.5. The molecule has 0 unspecified atom stereocenters. The minimum Gasteiger partial charge on any atom is -0.490 e. The average Bonchev–Trinajstić information content (AvgIpc) is 2.54. The van der Waals surface area contributed by atoms with Gasteiger partial charge in [0.25, 0.3) is 0 Å². The molecule has 21 heavy (non-hydrogen) atoms. The average molecular weight is 285 g/mol. The van der Waals surface area contributed by atoms with Crippen molar-refractivity contribution in [3.63, 3.8) is 0 Å². The van der Waals surface area contributed by atoms with Crippen molar-refractivity contribution in [3.05, 3.63) is 41.9 Å². The summed E-state index contributed by atoms with van der Waals surface area (Å²) < 4.78 is 11.7. The lowest BCUT2D eigenvalue weighted by Crippen LogP contribution is -2.25. The van der Waals surface area contributed by atoms with E-state index in [0.29, 0.717) is 18.2 Å². The minimum atomic E-state index is 0.611. The number of hydrogen-bond donors (Lipinski definition) is 1. The monoisotopic (exact) mass is 285 g/mol. The highest BCUT2D eigenvalue weighted by Crippen LogP contribution is 2.33. The molecule has 5 heteroatoms. The van der Waals surface area contributed by atoms with Gasteiger partial charge in [0.2, 0.25) is 5.88 Å². The fraction of sp³-hybridized carbons (Fsp3) is 0.375. The van der Waals surface area contributed by atoms with Crippen LogP contribution in [0.2, 0.25) is 0 Å². The Kier molecular flexibility index (Phi) is 4.31. The Balaban J connectivity index is 1.87. The molecule has 2 heterocycles. The Bertz CT molecular complexity index is 616. The Morgan fingerprint density at radius 3 is 2.90 bits per heavy atom. The molecule has 1 N–H and O–H groups in total. The number of nitrogens with zero attached hydrogens (tertiary/aromatic N) is 2. The van der Waals surface area contributed by atoms with Crippen molar-refractivity contribution in [3.8, 4) is 17.4 Å². The molecule has 0 bridgehead atoms. The molecule has 0 saturated heterocycles. The first kappa shape index (κ1) is 13.8. The van der Waals surface area contributed by atoms with Crippen molar-refractivity contribution in [1.29, 1.82) is 0 Å². The van der Waals surface area contributed by atoms with Crippen LogP contribution in [0.1, 0.15) is 24.6 Å². The van der Waals surface area contributed by atoms with Crippen molar-refractivity contribution in [2.75, 3.05) is 13.2 Å². The predicted molar refractivity (Wildman–Crippen MR) is 79.7 cm³/mol. The first-order chi connectivity index (χ1) is 10.4. The molecule has 1 aromatic heterocycles. The number of benzene rings is 1. The maximum Gasteiger partial charge on any atom is 0.227 e. The molecule has 0 radical (unpaired) electrons.